The van der Waals surface area contributed by atoms with Gasteiger partial charge in [0.05, 0.1) is 11.3 Å². The number of anilines is 1. The Morgan fingerprint density at radius 1 is 1.52 bits per heavy atom. The third kappa shape index (κ3) is 4.95. The Labute approximate surface area is 129 Å². The van der Waals surface area contributed by atoms with E-state index in [2.05, 4.69) is 20.7 Å². The molecule has 11 heteroatoms. The molecule has 0 heterocycles. The minimum atomic E-state index is -4.08. The maximum Gasteiger partial charge on any atom is 0.304 e. The van der Waals surface area contributed by atoms with Gasteiger partial charge in [-0.15, -0.1) is 0 Å². The molecular weight excluding hydrogens is 370 g/mol. The molecule has 1 aromatic rings. The number of carboxylic acids is 1. The van der Waals surface area contributed by atoms with Crippen molar-refractivity contribution in [2.24, 2.45) is 0 Å². The van der Waals surface area contributed by atoms with Gasteiger partial charge in [-0.3, -0.25) is 19.6 Å². The van der Waals surface area contributed by atoms with Crippen molar-refractivity contribution in [2.45, 2.75) is 6.42 Å². The number of carbonyl (C=O) groups is 1. The van der Waals surface area contributed by atoms with Crippen LogP contribution in [0, 0.1) is 10.1 Å². The second kappa shape index (κ2) is 6.83. The van der Waals surface area contributed by atoms with Crippen LogP contribution in [0.3, 0.4) is 0 Å². The molecule has 0 saturated heterocycles. The quantitative estimate of drug-likeness (QED) is 0.542. The SMILES string of the molecule is CN(CCC(=O)O)S(=O)(=O)Nc1ccc(Br)cc1[N+](=O)[O-]. The predicted molar refractivity (Wildman–Crippen MR) is 78.2 cm³/mol. The number of nitro benzene ring substituents is 1. The van der Waals surface area contributed by atoms with Crippen LogP contribution in [0.4, 0.5) is 11.4 Å². The lowest BCUT2D eigenvalue weighted by molar-refractivity contribution is -0.384. The summed E-state index contributed by atoms with van der Waals surface area (Å²) in [5, 5.41) is 19.4. The lowest BCUT2D eigenvalue weighted by atomic mass is 10.3. The summed E-state index contributed by atoms with van der Waals surface area (Å²) in [5.41, 5.74) is -0.620. The van der Waals surface area contributed by atoms with Gasteiger partial charge >= 0.3 is 16.2 Å². The summed E-state index contributed by atoms with van der Waals surface area (Å²) in [6, 6.07) is 3.85. The zero-order chi connectivity index (χ0) is 16.2. The van der Waals surface area contributed by atoms with Crippen LogP contribution in [-0.2, 0) is 15.0 Å². The predicted octanol–water partition coefficient (Wildman–Crippen LogP) is 1.42. The monoisotopic (exact) mass is 381 g/mol. The number of carboxylic acid groups (broad SMARTS) is 1. The first-order valence-electron chi connectivity index (χ1n) is 5.53. The highest BCUT2D eigenvalue weighted by molar-refractivity contribution is 9.10. The molecule has 1 aromatic carbocycles. The van der Waals surface area contributed by atoms with Gasteiger partial charge in [0, 0.05) is 24.1 Å². The fraction of sp³-hybridized carbons (Fsp3) is 0.300. The number of aliphatic carboxylic acids is 1. The molecule has 0 unspecified atom stereocenters. The molecule has 0 aromatic heterocycles. The van der Waals surface area contributed by atoms with Crippen LogP contribution in [0.25, 0.3) is 0 Å². The number of rotatable bonds is 7. The average Bonchev–Trinajstić information content (AvgIpc) is 2.37. The summed E-state index contributed by atoms with van der Waals surface area (Å²) >= 11 is 3.06. The maximum atomic E-state index is 12.0. The molecule has 0 fully saturated rings. The normalized spacial score (nSPS) is 11.4. The summed E-state index contributed by atoms with van der Waals surface area (Å²) in [6.07, 6.45) is -0.375. The number of nitrogens with one attached hydrogen (secondary N) is 1. The first kappa shape index (κ1) is 17.3. The van der Waals surface area contributed by atoms with Crippen molar-refractivity contribution in [1.29, 1.82) is 0 Å². The molecule has 0 aliphatic carbocycles. The smallest absolute Gasteiger partial charge is 0.304 e. The zero-order valence-electron chi connectivity index (χ0n) is 10.8. The molecule has 9 nitrogen and oxygen atoms in total. The number of nitrogens with zero attached hydrogens (tertiary/aromatic N) is 2. The number of hydrogen-bond donors (Lipinski definition) is 2. The fourth-order valence-corrected chi connectivity index (χ4v) is 2.62. The molecule has 0 spiro atoms. The lowest BCUT2D eigenvalue weighted by Gasteiger charge is -2.17. The van der Waals surface area contributed by atoms with E-state index in [-0.39, 0.29) is 18.7 Å². The van der Waals surface area contributed by atoms with Crippen LogP contribution in [0.1, 0.15) is 6.42 Å². The second-order valence-electron chi connectivity index (χ2n) is 3.99. The Hall–Kier alpha value is -1.72. The molecule has 1 rings (SSSR count). The third-order valence-electron chi connectivity index (χ3n) is 2.45. The molecule has 0 amide bonds. The largest absolute Gasteiger partial charge is 0.481 e. The molecule has 0 radical (unpaired) electrons. The molecule has 0 bridgehead atoms. The van der Waals surface area contributed by atoms with Crippen LogP contribution in [-0.4, -0.2) is 42.3 Å². The number of nitro groups is 1. The van der Waals surface area contributed by atoms with Gasteiger partial charge in [-0.1, -0.05) is 15.9 Å². The van der Waals surface area contributed by atoms with Crippen molar-refractivity contribution in [3.05, 3.63) is 32.8 Å². The number of halogens is 1. The van der Waals surface area contributed by atoms with Crippen molar-refractivity contribution < 1.29 is 23.2 Å². The van der Waals surface area contributed by atoms with Crippen LogP contribution in [0.2, 0.25) is 0 Å². The van der Waals surface area contributed by atoms with Gasteiger partial charge in [-0.25, -0.2) is 0 Å². The van der Waals surface area contributed by atoms with Gasteiger partial charge < -0.3 is 5.11 Å². The van der Waals surface area contributed by atoms with Crippen LogP contribution < -0.4 is 4.72 Å². The second-order valence-corrected chi connectivity index (χ2v) is 6.68. The van der Waals surface area contributed by atoms with Crippen molar-refractivity contribution in [3.8, 4) is 0 Å². The lowest BCUT2D eigenvalue weighted by Crippen LogP contribution is -2.34. The Kier molecular flexibility index (Phi) is 5.63. The van der Waals surface area contributed by atoms with Crippen molar-refractivity contribution in [1.82, 2.24) is 4.31 Å². The Morgan fingerprint density at radius 3 is 2.67 bits per heavy atom. The van der Waals surface area contributed by atoms with Crippen molar-refractivity contribution >= 4 is 43.5 Å². The van der Waals surface area contributed by atoms with E-state index >= 15 is 0 Å². The summed E-state index contributed by atoms with van der Waals surface area (Å²) in [4.78, 5) is 20.6. The average molecular weight is 382 g/mol. The van der Waals surface area contributed by atoms with Crippen LogP contribution >= 0.6 is 15.9 Å². The number of benzene rings is 1. The van der Waals surface area contributed by atoms with Crippen LogP contribution in [0.5, 0.6) is 0 Å². The maximum absolute atomic E-state index is 12.0. The van der Waals surface area contributed by atoms with E-state index in [9.17, 15) is 23.3 Å². The van der Waals surface area contributed by atoms with Gasteiger partial charge in [0.25, 0.3) is 5.69 Å². The summed E-state index contributed by atoms with van der Waals surface area (Å²) in [6.45, 7) is -0.255. The van der Waals surface area contributed by atoms with Gasteiger partial charge in [0.2, 0.25) is 0 Å². The van der Waals surface area contributed by atoms with E-state index in [4.69, 9.17) is 5.11 Å². The van der Waals surface area contributed by atoms with Gasteiger partial charge in [0.15, 0.2) is 0 Å². The van der Waals surface area contributed by atoms with Crippen molar-refractivity contribution in [2.75, 3.05) is 18.3 Å². The first-order chi connectivity index (χ1) is 9.63. The van der Waals surface area contributed by atoms with Crippen LogP contribution in [0.15, 0.2) is 22.7 Å². The minimum Gasteiger partial charge on any atom is -0.481 e. The Morgan fingerprint density at radius 2 is 2.14 bits per heavy atom. The molecular formula is C10H12BrN3O6S. The van der Waals surface area contributed by atoms with Gasteiger partial charge in [-0.2, -0.15) is 12.7 Å². The zero-order valence-corrected chi connectivity index (χ0v) is 13.2. The highest BCUT2D eigenvalue weighted by atomic mass is 79.9. The summed E-state index contributed by atoms with van der Waals surface area (Å²) < 4.78 is 27.2. The molecule has 0 aliphatic rings. The van der Waals surface area contributed by atoms with Gasteiger partial charge in [0.1, 0.15) is 5.69 Å². The first-order valence-corrected chi connectivity index (χ1v) is 7.76. The van der Waals surface area contributed by atoms with E-state index < -0.39 is 26.8 Å². The van der Waals surface area contributed by atoms with E-state index in [1.165, 1.54) is 19.2 Å². The highest BCUT2D eigenvalue weighted by Crippen LogP contribution is 2.29. The molecule has 2 N–H and O–H groups in total. The van der Waals surface area contributed by atoms with E-state index in [1.807, 2.05) is 0 Å². The van der Waals surface area contributed by atoms with E-state index in [1.54, 1.807) is 0 Å². The molecule has 0 atom stereocenters. The van der Waals surface area contributed by atoms with Crippen molar-refractivity contribution in [3.63, 3.8) is 0 Å². The fourth-order valence-electron chi connectivity index (χ4n) is 1.33. The highest BCUT2D eigenvalue weighted by Gasteiger charge is 2.23. The molecule has 21 heavy (non-hydrogen) atoms. The molecule has 116 valence electrons. The molecule has 0 aliphatic heterocycles. The summed E-state index contributed by atoms with van der Waals surface area (Å²) in [7, 11) is -2.90. The molecule has 0 saturated carbocycles. The Bertz CT molecular complexity index is 663. The van der Waals surface area contributed by atoms with Gasteiger partial charge in [-0.05, 0) is 12.1 Å². The summed E-state index contributed by atoms with van der Waals surface area (Å²) in [5.74, 6) is -1.15. The topological polar surface area (TPSA) is 130 Å². The minimum absolute atomic E-state index is 0.203. The Balaban J connectivity index is 2.99. The van der Waals surface area contributed by atoms with E-state index in [0.29, 0.717) is 4.47 Å². The number of hydrogen-bond acceptors (Lipinski definition) is 5. The standard InChI is InChI=1S/C10H12BrN3O6S/c1-13(5-4-10(15)16)21(19,20)12-8-3-2-7(11)6-9(8)14(17)18/h2-3,6,12H,4-5H2,1H3,(H,15,16). The third-order valence-corrected chi connectivity index (χ3v) is 4.42. The van der Waals surface area contributed by atoms with E-state index in [0.717, 1.165) is 10.4 Å².